The highest BCUT2D eigenvalue weighted by molar-refractivity contribution is 6.14. The average Bonchev–Trinajstić information content (AvgIpc) is 2.58. The summed E-state index contributed by atoms with van der Waals surface area (Å²) in [6.45, 7) is 2.05. The zero-order valence-electron chi connectivity index (χ0n) is 14.3. The maximum atomic E-state index is 12.8. The Kier molecular flexibility index (Phi) is 4.71. The highest BCUT2D eigenvalue weighted by atomic mass is 16.3. The highest BCUT2D eigenvalue weighted by Gasteiger charge is 2.25. The van der Waals surface area contributed by atoms with E-state index in [0.717, 1.165) is 0 Å². The molecule has 0 unspecified atom stereocenters. The van der Waals surface area contributed by atoms with Crippen LogP contribution >= 0.6 is 0 Å². The minimum absolute atomic E-state index is 0.0803. The van der Waals surface area contributed by atoms with Crippen molar-refractivity contribution in [1.29, 1.82) is 0 Å². The van der Waals surface area contributed by atoms with Crippen molar-refractivity contribution in [3.05, 3.63) is 58.7 Å². The van der Waals surface area contributed by atoms with Gasteiger partial charge in [-0.3, -0.25) is 4.79 Å². The van der Waals surface area contributed by atoms with Crippen molar-refractivity contribution in [3.8, 4) is 23.0 Å². The van der Waals surface area contributed by atoms with Gasteiger partial charge >= 0.3 is 0 Å². The number of rotatable bonds is 2. The molecule has 0 bridgehead atoms. The molecule has 134 valence electrons. The number of ketones is 1. The van der Waals surface area contributed by atoms with Gasteiger partial charge in [-0.1, -0.05) is 19.1 Å². The molecule has 1 aliphatic carbocycles. The van der Waals surface area contributed by atoms with Gasteiger partial charge in [0.1, 0.15) is 0 Å². The monoisotopic (exact) mass is 352 g/mol. The van der Waals surface area contributed by atoms with Gasteiger partial charge in [0.25, 0.3) is 0 Å². The van der Waals surface area contributed by atoms with E-state index in [1.165, 1.54) is 24.3 Å². The molecule has 0 saturated heterocycles. The Morgan fingerprint density at radius 2 is 1.19 bits per heavy atom. The molecule has 3 rings (SSSR count). The minimum atomic E-state index is -0.231. The molecular weight excluding hydrogens is 332 g/mol. The van der Waals surface area contributed by atoms with E-state index in [2.05, 4.69) is 6.92 Å². The first-order chi connectivity index (χ1) is 12.3. The number of hydrogen-bond donors (Lipinski definition) is 4. The second-order valence-corrected chi connectivity index (χ2v) is 6.68. The molecule has 0 radical (unpaired) electrons. The molecule has 0 aliphatic heterocycles. The smallest absolute Gasteiger partial charge is 0.185 e. The van der Waals surface area contributed by atoms with E-state index < -0.39 is 0 Å². The van der Waals surface area contributed by atoms with Gasteiger partial charge in [-0.2, -0.15) is 0 Å². The van der Waals surface area contributed by atoms with Crippen molar-refractivity contribution in [1.82, 2.24) is 0 Å². The van der Waals surface area contributed by atoms with Crippen LogP contribution in [-0.2, 0) is 4.79 Å². The molecule has 1 fully saturated rings. The normalized spacial score (nSPS) is 20.7. The minimum Gasteiger partial charge on any atom is -0.504 e. The second-order valence-electron chi connectivity index (χ2n) is 6.68. The number of aromatic hydroxyl groups is 4. The fraction of sp³-hybridized carbons (Fsp3) is 0.190. The molecule has 0 amide bonds. The Morgan fingerprint density at radius 3 is 1.58 bits per heavy atom. The molecule has 2 aromatic carbocycles. The summed E-state index contributed by atoms with van der Waals surface area (Å²) in [6.07, 6.45) is 4.69. The van der Waals surface area contributed by atoms with Crippen molar-refractivity contribution < 1.29 is 25.2 Å². The van der Waals surface area contributed by atoms with Gasteiger partial charge < -0.3 is 20.4 Å². The van der Waals surface area contributed by atoms with E-state index in [1.807, 2.05) is 0 Å². The number of allylic oxidation sites excluding steroid dienone is 2. The second kappa shape index (κ2) is 6.96. The SMILES string of the molecule is CC1C/C(=C\c2ccc(O)c(O)c2)C(=O)/C(=C/c2ccc(O)c(O)c2)C1. The number of phenolic OH excluding ortho intramolecular Hbond substituents is 4. The van der Waals surface area contributed by atoms with Gasteiger partial charge in [-0.15, -0.1) is 0 Å². The van der Waals surface area contributed by atoms with Crippen molar-refractivity contribution in [3.63, 3.8) is 0 Å². The van der Waals surface area contributed by atoms with Gasteiger partial charge in [0.15, 0.2) is 28.8 Å². The molecule has 5 nitrogen and oxygen atoms in total. The molecule has 4 N–H and O–H groups in total. The summed E-state index contributed by atoms with van der Waals surface area (Å²) < 4.78 is 0. The van der Waals surface area contributed by atoms with Crippen LogP contribution in [0, 0.1) is 5.92 Å². The largest absolute Gasteiger partial charge is 0.504 e. The van der Waals surface area contributed by atoms with E-state index >= 15 is 0 Å². The summed E-state index contributed by atoms with van der Waals surface area (Å²) in [7, 11) is 0. The van der Waals surface area contributed by atoms with Crippen LogP contribution in [0.1, 0.15) is 30.9 Å². The number of phenols is 4. The number of benzene rings is 2. The van der Waals surface area contributed by atoms with Crippen LogP contribution in [0.15, 0.2) is 47.5 Å². The first-order valence-corrected chi connectivity index (χ1v) is 8.33. The zero-order chi connectivity index (χ0) is 18.8. The average molecular weight is 352 g/mol. The van der Waals surface area contributed by atoms with Crippen LogP contribution in [0.3, 0.4) is 0 Å². The Balaban J connectivity index is 1.94. The zero-order valence-corrected chi connectivity index (χ0v) is 14.3. The summed E-state index contributed by atoms with van der Waals surface area (Å²) >= 11 is 0. The summed E-state index contributed by atoms with van der Waals surface area (Å²) in [6, 6.07) is 8.86. The van der Waals surface area contributed by atoms with Gasteiger partial charge in [0, 0.05) is 11.1 Å². The lowest BCUT2D eigenvalue weighted by Crippen LogP contribution is -2.18. The Hall–Kier alpha value is -3.21. The summed E-state index contributed by atoms with van der Waals surface area (Å²) in [4.78, 5) is 12.8. The molecule has 0 spiro atoms. The predicted molar refractivity (Wildman–Crippen MR) is 98.9 cm³/mol. The Morgan fingerprint density at radius 1 is 0.769 bits per heavy atom. The van der Waals surface area contributed by atoms with Crippen LogP contribution in [0.2, 0.25) is 0 Å². The Bertz CT molecular complexity index is 850. The summed E-state index contributed by atoms with van der Waals surface area (Å²) in [5, 5.41) is 38.1. The van der Waals surface area contributed by atoms with Gasteiger partial charge in [-0.05, 0) is 66.3 Å². The van der Waals surface area contributed by atoms with Crippen LogP contribution in [0.5, 0.6) is 23.0 Å². The molecule has 0 atom stereocenters. The third-order valence-electron chi connectivity index (χ3n) is 4.40. The fourth-order valence-corrected chi connectivity index (χ4v) is 3.13. The number of hydrogen-bond acceptors (Lipinski definition) is 5. The lowest BCUT2D eigenvalue weighted by Gasteiger charge is -2.22. The van der Waals surface area contributed by atoms with Gasteiger partial charge in [0.2, 0.25) is 0 Å². The van der Waals surface area contributed by atoms with Crippen molar-refractivity contribution in [2.24, 2.45) is 5.92 Å². The summed E-state index contributed by atoms with van der Waals surface area (Å²) in [5.74, 6) is -0.687. The number of carbonyl (C=O) groups excluding carboxylic acids is 1. The summed E-state index contributed by atoms with van der Waals surface area (Å²) in [5.41, 5.74) is 2.53. The third kappa shape index (κ3) is 3.72. The fourth-order valence-electron chi connectivity index (χ4n) is 3.13. The lowest BCUT2D eigenvalue weighted by molar-refractivity contribution is -0.113. The number of carbonyl (C=O) groups is 1. The van der Waals surface area contributed by atoms with Crippen LogP contribution in [0.25, 0.3) is 12.2 Å². The van der Waals surface area contributed by atoms with Gasteiger partial charge in [0.05, 0.1) is 0 Å². The quantitative estimate of drug-likeness (QED) is 0.484. The molecular formula is C21H20O5. The molecule has 5 heteroatoms. The van der Waals surface area contributed by atoms with Gasteiger partial charge in [-0.25, -0.2) is 0 Å². The first-order valence-electron chi connectivity index (χ1n) is 8.33. The first kappa shape index (κ1) is 17.6. The standard InChI is InChI=1S/C21H20O5/c1-12-6-15(8-13-2-4-17(22)19(24)10-13)21(26)16(7-12)9-14-3-5-18(23)20(25)11-14/h2-5,8-12,22-25H,6-7H2,1H3/b15-8+,16-9+. The molecule has 1 saturated carbocycles. The predicted octanol–water partition coefficient (Wildman–Crippen LogP) is 3.98. The highest BCUT2D eigenvalue weighted by Crippen LogP contribution is 2.34. The molecule has 2 aromatic rings. The van der Waals surface area contributed by atoms with E-state index in [0.29, 0.717) is 35.1 Å². The topological polar surface area (TPSA) is 98.0 Å². The maximum Gasteiger partial charge on any atom is 0.185 e. The van der Waals surface area contributed by atoms with E-state index in [9.17, 15) is 25.2 Å². The number of Topliss-reactive ketones (excluding diaryl/α,β-unsaturated/α-hetero) is 1. The van der Waals surface area contributed by atoms with Crippen LogP contribution in [0.4, 0.5) is 0 Å². The van der Waals surface area contributed by atoms with E-state index in [4.69, 9.17) is 0 Å². The Labute approximate surface area is 151 Å². The molecule has 0 aromatic heterocycles. The lowest BCUT2D eigenvalue weighted by atomic mass is 9.81. The van der Waals surface area contributed by atoms with E-state index in [-0.39, 0.29) is 34.7 Å². The van der Waals surface area contributed by atoms with Crippen molar-refractivity contribution in [2.75, 3.05) is 0 Å². The maximum absolute atomic E-state index is 12.8. The molecule has 1 aliphatic rings. The molecule has 26 heavy (non-hydrogen) atoms. The van der Waals surface area contributed by atoms with Crippen LogP contribution in [-0.4, -0.2) is 26.2 Å². The molecule has 0 heterocycles. The van der Waals surface area contributed by atoms with E-state index in [1.54, 1.807) is 24.3 Å². The third-order valence-corrected chi connectivity index (χ3v) is 4.40. The van der Waals surface area contributed by atoms with Crippen molar-refractivity contribution >= 4 is 17.9 Å². The van der Waals surface area contributed by atoms with Crippen molar-refractivity contribution in [2.45, 2.75) is 19.8 Å². The van der Waals surface area contributed by atoms with Crippen LogP contribution < -0.4 is 0 Å².